The van der Waals surface area contributed by atoms with E-state index in [-0.39, 0.29) is 11.7 Å². The number of benzene rings is 1. The van der Waals surface area contributed by atoms with Gasteiger partial charge in [-0.15, -0.1) is 0 Å². The van der Waals surface area contributed by atoms with Gasteiger partial charge in [0.2, 0.25) is 11.8 Å². The van der Waals surface area contributed by atoms with Crippen LogP contribution in [0.15, 0.2) is 24.3 Å². The number of carbonyl (C=O) groups is 3. The lowest BCUT2D eigenvalue weighted by Gasteiger charge is -2.34. The average molecular weight is 450 g/mol. The topological polar surface area (TPSA) is 108 Å². The van der Waals surface area contributed by atoms with E-state index in [1.807, 2.05) is 34.6 Å². The molecule has 8 nitrogen and oxygen atoms in total. The van der Waals surface area contributed by atoms with E-state index in [2.05, 4.69) is 10.6 Å². The van der Waals surface area contributed by atoms with Crippen LogP contribution >= 0.6 is 0 Å². The van der Waals surface area contributed by atoms with Crippen molar-refractivity contribution < 1.29 is 24.2 Å². The highest BCUT2D eigenvalue weighted by Gasteiger charge is 2.36. The Balaban J connectivity index is 3.29. The van der Waals surface area contributed by atoms with Crippen molar-refractivity contribution in [1.29, 1.82) is 0 Å². The van der Waals surface area contributed by atoms with E-state index < -0.39 is 41.1 Å². The van der Waals surface area contributed by atoms with E-state index in [9.17, 15) is 19.5 Å². The number of alkyl carbamates (subject to hydrolysis) is 1. The number of carbonyl (C=O) groups excluding carboxylic acids is 3. The fraction of sp³-hybridized carbons (Fsp3) is 0.625. The van der Waals surface area contributed by atoms with Crippen LogP contribution in [-0.4, -0.2) is 52.1 Å². The average Bonchev–Trinajstić information content (AvgIpc) is 2.58. The Morgan fingerprint density at radius 2 is 1.62 bits per heavy atom. The molecule has 0 heterocycles. The van der Waals surface area contributed by atoms with Crippen LogP contribution in [0, 0.1) is 5.92 Å². The molecule has 1 rings (SSSR count). The molecule has 0 saturated heterocycles. The van der Waals surface area contributed by atoms with E-state index in [0.29, 0.717) is 12.0 Å². The number of para-hydroxylation sites is 1. The lowest BCUT2D eigenvalue weighted by atomic mass is 9.98. The molecule has 1 aromatic carbocycles. The van der Waals surface area contributed by atoms with Crippen molar-refractivity contribution in [2.75, 3.05) is 7.05 Å². The molecule has 0 bridgehead atoms. The zero-order valence-corrected chi connectivity index (χ0v) is 20.8. The Hall–Kier alpha value is -2.77. The van der Waals surface area contributed by atoms with E-state index in [4.69, 9.17) is 4.74 Å². The number of hydrogen-bond donors (Lipinski definition) is 3. The molecule has 0 aromatic heterocycles. The van der Waals surface area contributed by atoms with Crippen LogP contribution in [0.1, 0.15) is 73.4 Å². The van der Waals surface area contributed by atoms with Gasteiger partial charge in [0, 0.05) is 18.2 Å². The molecule has 2 unspecified atom stereocenters. The summed E-state index contributed by atoms with van der Waals surface area (Å²) < 4.78 is 5.32. The molecule has 32 heavy (non-hydrogen) atoms. The van der Waals surface area contributed by atoms with Gasteiger partial charge in [-0.05, 0) is 59.9 Å². The number of rotatable bonds is 7. The number of nitrogens with one attached hydrogen (secondary N) is 2. The number of phenols is 1. The first-order valence-electron chi connectivity index (χ1n) is 10.9. The van der Waals surface area contributed by atoms with Gasteiger partial charge in [-0.1, -0.05) is 32.0 Å². The molecule has 2 atom stereocenters. The summed E-state index contributed by atoms with van der Waals surface area (Å²) in [5.74, 6) is -0.890. The maximum atomic E-state index is 13.5. The summed E-state index contributed by atoms with van der Waals surface area (Å²) >= 11 is 0. The smallest absolute Gasteiger partial charge is 0.408 e. The molecule has 0 saturated carbocycles. The molecule has 1 aromatic rings. The Kier molecular flexibility index (Phi) is 9.12. The molecule has 3 N–H and O–H groups in total. The largest absolute Gasteiger partial charge is 0.508 e. The molecular weight excluding hydrogens is 410 g/mol. The lowest BCUT2D eigenvalue weighted by Crippen LogP contribution is -2.53. The predicted octanol–water partition coefficient (Wildman–Crippen LogP) is 3.75. The number of phenolic OH excluding ortho intramolecular Hbond substituents is 1. The van der Waals surface area contributed by atoms with Crippen molar-refractivity contribution in [3.63, 3.8) is 0 Å². The van der Waals surface area contributed by atoms with Gasteiger partial charge in [-0.3, -0.25) is 9.59 Å². The highest BCUT2D eigenvalue weighted by atomic mass is 16.6. The zero-order chi connectivity index (χ0) is 24.9. The lowest BCUT2D eigenvalue weighted by molar-refractivity contribution is -0.141. The Morgan fingerprint density at radius 1 is 1.06 bits per heavy atom. The first kappa shape index (κ1) is 27.3. The summed E-state index contributed by atoms with van der Waals surface area (Å²) in [5, 5.41) is 15.9. The van der Waals surface area contributed by atoms with Gasteiger partial charge in [0.25, 0.3) is 0 Å². The zero-order valence-electron chi connectivity index (χ0n) is 20.8. The molecule has 0 aliphatic carbocycles. The van der Waals surface area contributed by atoms with Crippen LogP contribution in [0.5, 0.6) is 5.75 Å². The number of aromatic hydroxyl groups is 1. The van der Waals surface area contributed by atoms with Crippen molar-refractivity contribution >= 4 is 17.9 Å². The molecule has 0 aliphatic rings. The van der Waals surface area contributed by atoms with Crippen LogP contribution in [0.2, 0.25) is 0 Å². The molecule has 3 amide bonds. The van der Waals surface area contributed by atoms with Crippen molar-refractivity contribution in [3.05, 3.63) is 29.8 Å². The molecule has 0 radical (unpaired) electrons. The number of ether oxygens (including phenoxy) is 1. The Morgan fingerprint density at radius 3 is 2.09 bits per heavy atom. The van der Waals surface area contributed by atoms with E-state index >= 15 is 0 Å². The van der Waals surface area contributed by atoms with Crippen molar-refractivity contribution in [1.82, 2.24) is 15.5 Å². The molecule has 0 aliphatic heterocycles. The predicted molar refractivity (Wildman–Crippen MR) is 124 cm³/mol. The van der Waals surface area contributed by atoms with Crippen LogP contribution in [0.3, 0.4) is 0 Å². The fourth-order valence-electron chi connectivity index (χ4n) is 3.20. The third-order valence-electron chi connectivity index (χ3n) is 4.41. The van der Waals surface area contributed by atoms with Gasteiger partial charge < -0.3 is 25.4 Å². The Labute approximate surface area is 191 Å². The number of likely N-dealkylation sites (N-methyl/N-ethyl adjacent to an activating group) is 1. The maximum Gasteiger partial charge on any atom is 0.408 e. The Bertz CT molecular complexity index is 809. The van der Waals surface area contributed by atoms with Crippen molar-refractivity contribution in [2.24, 2.45) is 5.92 Å². The second kappa shape index (κ2) is 10.7. The van der Waals surface area contributed by atoms with Crippen molar-refractivity contribution in [2.45, 2.75) is 85.0 Å². The normalized spacial score (nSPS) is 13.8. The first-order chi connectivity index (χ1) is 14.5. The van der Waals surface area contributed by atoms with Gasteiger partial charge in [-0.2, -0.15) is 0 Å². The summed E-state index contributed by atoms with van der Waals surface area (Å²) in [7, 11) is 1.49. The summed E-state index contributed by atoms with van der Waals surface area (Å²) in [6.45, 7) is 14.6. The van der Waals surface area contributed by atoms with Gasteiger partial charge in [-0.25, -0.2) is 4.79 Å². The first-order valence-corrected chi connectivity index (χ1v) is 10.9. The monoisotopic (exact) mass is 449 g/mol. The van der Waals surface area contributed by atoms with Crippen LogP contribution in [0.4, 0.5) is 4.79 Å². The number of nitrogens with zero attached hydrogens (tertiary/aromatic N) is 1. The summed E-state index contributed by atoms with van der Waals surface area (Å²) in [6, 6.07) is 4.42. The summed E-state index contributed by atoms with van der Waals surface area (Å²) in [6.07, 6.45) is -0.347. The highest BCUT2D eigenvalue weighted by molar-refractivity contribution is 5.92. The summed E-state index contributed by atoms with van der Waals surface area (Å²) in [5.41, 5.74) is -0.965. The highest BCUT2D eigenvalue weighted by Crippen LogP contribution is 2.29. The van der Waals surface area contributed by atoms with E-state index in [0.717, 1.165) is 0 Å². The van der Waals surface area contributed by atoms with Gasteiger partial charge in [0.05, 0.1) is 0 Å². The van der Waals surface area contributed by atoms with Crippen LogP contribution in [-0.2, 0) is 14.3 Å². The standard InChI is InChI=1S/C24H39N3O5/c1-15(2)14-17(25-22(31)32-24(6,7)8)21(30)27(9)19(20(29)26-23(3,4)5)16-12-10-11-13-18(16)28/h10-13,15,17,19,28H,14H2,1-9H3,(H,25,31)(H,26,29). The van der Waals surface area contributed by atoms with Gasteiger partial charge in [0.1, 0.15) is 23.4 Å². The van der Waals surface area contributed by atoms with Crippen LogP contribution in [0.25, 0.3) is 0 Å². The van der Waals surface area contributed by atoms with Gasteiger partial charge >= 0.3 is 6.09 Å². The second-order valence-corrected chi connectivity index (χ2v) is 10.5. The fourth-order valence-corrected chi connectivity index (χ4v) is 3.20. The quantitative estimate of drug-likeness (QED) is 0.588. The minimum absolute atomic E-state index is 0.0956. The van der Waals surface area contributed by atoms with Crippen molar-refractivity contribution in [3.8, 4) is 5.75 Å². The van der Waals surface area contributed by atoms with Gasteiger partial charge in [0.15, 0.2) is 0 Å². The minimum atomic E-state index is -1.09. The SMILES string of the molecule is CC(C)CC(NC(=O)OC(C)(C)C)C(=O)N(C)C(C(=O)NC(C)(C)C)c1ccccc1O. The third kappa shape index (κ3) is 8.77. The van der Waals surface area contributed by atoms with E-state index in [1.165, 1.54) is 18.0 Å². The maximum absolute atomic E-state index is 13.5. The number of amides is 3. The van der Waals surface area contributed by atoms with Crippen LogP contribution < -0.4 is 10.6 Å². The third-order valence-corrected chi connectivity index (χ3v) is 4.41. The molecule has 0 fully saturated rings. The summed E-state index contributed by atoms with van der Waals surface area (Å²) in [4.78, 5) is 40.3. The second-order valence-electron chi connectivity index (χ2n) is 10.5. The molecule has 180 valence electrons. The molecular formula is C24H39N3O5. The minimum Gasteiger partial charge on any atom is -0.508 e. The number of hydrogen-bond acceptors (Lipinski definition) is 5. The molecule has 8 heteroatoms. The van der Waals surface area contributed by atoms with E-state index in [1.54, 1.807) is 39.0 Å². The molecule has 0 spiro atoms.